The first-order valence-corrected chi connectivity index (χ1v) is 8.27. The third-order valence-corrected chi connectivity index (χ3v) is 4.46. The van der Waals surface area contributed by atoms with Gasteiger partial charge in [-0.1, -0.05) is 54.6 Å². The summed E-state index contributed by atoms with van der Waals surface area (Å²) in [6.07, 6.45) is 0. The van der Waals surface area contributed by atoms with E-state index in [1.54, 1.807) is 36.4 Å². The molecule has 1 aliphatic carbocycles. The van der Waals surface area contributed by atoms with Crippen molar-refractivity contribution in [2.24, 2.45) is 0 Å². The van der Waals surface area contributed by atoms with Crippen molar-refractivity contribution in [3.63, 3.8) is 0 Å². The van der Waals surface area contributed by atoms with Gasteiger partial charge in [-0.2, -0.15) is 0 Å². The molecule has 0 amide bonds. The molecule has 0 fully saturated rings. The second kappa shape index (κ2) is 6.48. The number of rotatable bonds is 4. The summed E-state index contributed by atoms with van der Waals surface area (Å²) in [5.74, 6) is 0.312. The summed E-state index contributed by atoms with van der Waals surface area (Å²) in [6, 6.07) is 19.8. The van der Waals surface area contributed by atoms with Crippen LogP contribution in [0.3, 0.4) is 0 Å². The van der Waals surface area contributed by atoms with Crippen LogP contribution in [0.15, 0.2) is 66.7 Å². The second-order valence-corrected chi connectivity index (χ2v) is 5.99. The third-order valence-electron chi connectivity index (χ3n) is 4.46. The molecule has 0 radical (unpaired) electrons. The first kappa shape index (κ1) is 16.1. The number of ether oxygens (including phenoxy) is 2. The summed E-state index contributed by atoms with van der Waals surface area (Å²) in [5, 5.41) is 0. The maximum Gasteiger partial charge on any atom is 0.198 e. The van der Waals surface area contributed by atoms with Gasteiger partial charge in [-0.3, -0.25) is 9.59 Å². The number of carbonyl (C=O) groups is 2. The first-order chi connectivity index (χ1) is 12.7. The minimum absolute atomic E-state index is 0.225. The van der Waals surface area contributed by atoms with Crippen LogP contribution in [0.25, 0.3) is 0 Å². The van der Waals surface area contributed by atoms with Gasteiger partial charge in [0.1, 0.15) is 18.1 Å². The average Bonchev–Trinajstić information content (AvgIpc) is 2.70. The maximum absolute atomic E-state index is 13.1. The molecular weight excluding hydrogens is 328 g/mol. The zero-order chi connectivity index (χ0) is 18.1. The molecule has 4 rings (SSSR count). The van der Waals surface area contributed by atoms with Crippen molar-refractivity contribution in [3.05, 3.63) is 94.5 Å². The van der Waals surface area contributed by atoms with E-state index in [9.17, 15) is 9.59 Å². The Morgan fingerprint density at radius 1 is 0.692 bits per heavy atom. The van der Waals surface area contributed by atoms with Gasteiger partial charge in [0.25, 0.3) is 0 Å². The molecule has 0 unspecified atom stereocenters. The van der Waals surface area contributed by atoms with E-state index < -0.39 is 0 Å². The van der Waals surface area contributed by atoms with Gasteiger partial charge in [-0.25, -0.2) is 0 Å². The molecule has 1 aliphatic rings. The molecule has 3 aromatic carbocycles. The fourth-order valence-electron chi connectivity index (χ4n) is 3.19. The number of hydrogen-bond donors (Lipinski definition) is 0. The number of fused-ring (bicyclic) bond motifs is 2. The fourth-order valence-corrected chi connectivity index (χ4v) is 3.19. The van der Waals surface area contributed by atoms with Gasteiger partial charge in [0.05, 0.1) is 18.2 Å². The van der Waals surface area contributed by atoms with Crippen molar-refractivity contribution in [1.29, 1.82) is 0 Å². The fraction of sp³-hybridized carbons (Fsp3) is 0.0909. The molecule has 128 valence electrons. The van der Waals surface area contributed by atoms with Crippen molar-refractivity contribution in [3.8, 4) is 11.5 Å². The van der Waals surface area contributed by atoms with Crippen LogP contribution in [0, 0.1) is 0 Å². The van der Waals surface area contributed by atoms with Gasteiger partial charge < -0.3 is 9.47 Å². The number of ketones is 2. The van der Waals surface area contributed by atoms with Gasteiger partial charge in [0.2, 0.25) is 0 Å². The van der Waals surface area contributed by atoms with Crippen LogP contribution in [0.1, 0.15) is 37.4 Å². The lowest BCUT2D eigenvalue weighted by molar-refractivity contribution is 0.0972. The lowest BCUT2D eigenvalue weighted by atomic mass is 9.83. The van der Waals surface area contributed by atoms with Gasteiger partial charge in [0, 0.05) is 11.1 Å². The summed E-state index contributed by atoms with van der Waals surface area (Å²) in [6.45, 7) is 0.308. The largest absolute Gasteiger partial charge is 0.496 e. The molecule has 0 spiro atoms. The van der Waals surface area contributed by atoms with E-state index in [0.29, 0.717) is 29.2 Å². The van der Waals surface area contributed by atoms with Gasteiger partial charge in [-0.05, 0) is 17.7 Å². The van der Waals surface area contributed by atoms with Crippen molar-refractivity contribution in [1.82, 2.24) is 0 Å². The van der Waals surface area contributed by atoms with Crippen LogP contribution in [-0.4, -0.2) is 18.7 Å². The van der Waals surface area contributed by atoms with Crippen LogP contribution < -0.4 is 9.47 Å². The predicted molar refractivity (Wildman–Crippen MR) is 97.1 cm³/mol. The van der Waals surface area contributed by atoms with Gasteiger partial charge in [-0.15, -0.1) is 0 Å². The SMILES string of the molecule is COc1ccc(OCc2ccccc2)c2c1C(=O)c1ccccc1C2=O. The summed E-state index contributed by atoms with van der Waals surface area (Å²) < 4.78 is 11.2. The van der Waals surface area contributed by atoms with Crippen LogP contribution in [0.5, 0.6) is 11.5 Å². The minimum Gasteiger partial charge on any atom is -0.496 e. The Labute approximate surface area is 151 Å². The van der Waals surface area contributed by atoms with Crippen molar-refractivity contribution in [2.45, 2.75) is 6.61 Å². The normalized spacial score (nSPS) is 12.3. The van der Waals surface area contributed by atoms with E-state index >= 15 is 0 Å². The molecule has 0 bridgehead atoms. The van der Waals surface area contributed by atoms with Crippen LogP contribution >= 0.6 is 0 Å². The topological polar surface area (TPSA) is 52.6 Å². The second-order valence-electron chi connectivity index (χ2n) is 5.99. The molecule has 0 atom stereocenters. The highest BCUT2D eigenvalue weighted by molar-refractivity contribution is 6.30. The Bertz CT molecular complexity index is 1010. The van der Waals surface area contributed by atoms with E-state index in [4.69, 9.17) is 9.47 Å². The number of methoxy groups -OCH3 is 1. The Balaban J connectivity index is 1.81. The Morgan fingerprint density at radius 2 is 1.23 bits per heavy atom. The van der Waals surface area contributed by atoms with Crippen LogP contribution in [0.2, 0.25) is 0 Å². The highest BCUT2D eigenvalue weighted by Crippen LogP contribution is 2.38. The zero-order valence-corrected chi connectivity index (χ0v) is 14.2. The summed E-state index contributed by atoms with van der Waals surface area (Å²) in [7, 11) is 1.48. The monoisotopic (exact) mass is 344 g/mol. The Morgan fingerprint density at radius 3 is 1.85 bits per heavy atom. The molecule has 4 nitrogen and oxygen atoms in total. The van der Waals surface area contributed by atoms with E-state index in [-0.39, 0.29) is 22.7 Å². The zero-order valence-electron chi connectivity index (χ0n) is 14.2. The first-order valence-electron chi connectivity index (χ1n) is 8.27. The molecule has 0 aromatic heterocycles. The maximum atomic E-state index is 13.1. The van der Waals surface area contributed by atoms with E-state index in [1.165, 1.54) is 7.11 Å². The molecule has 0 saturated carbocycles. The Hall–Kier alpha value is -3.40. The predicted octanol–water partition coefficient (Wildman–Crippen LogP) is 4.05. The van der Waals surface area contributed by atoms with Crippen molar-refractivity contribution in [2.75, 3.05) is 7.11 Å². The lowest BCUT2D eigenvalue weighted by Gasteiger charge is -2.22. The molecule has 0 saturated heterocycles. The standard InChI is InChI=1S/C22H16O4/c1-25-17-11-12-18(26-13-14-7-3-2-4-8-14)20-19(17)21(23)15-9-5-6-10-16(15)22(20)24/h2-12H,13H2,1H3. The summed E-state index contributed by atoms with van der Waals surface area (Å²) in [5.41, 5.74) is 2.30. The molecule has 0 heterocycles. The lowest BCUT2D eigenvalue weighted by Crippen LogP contribution is -2.22. The molecular formula is C22H16O4. The van der Waals surface area contributed by atoms with Crippen molar-refractivity contribution >= 4 is 11.6 Å². The minimum atomic E-state index is -0.225. The smallest absolute Gasteiger partial charge is 0.198 e. The quantitative estimate of drug-likeness (QED) is 0.560. The highest BCUT2D eigenvalue weighted by atomic mass is 16.5. The molecule has 0 N–H and O–H groups in total. The number of benzene rings is 3. The van der Waals surface area contributed by atoms with Crippen LogP contribution in [-0.2, 0) is 6.61 Å². The third kappa shape index (κ3) is 2.56. The van der Waals surface area contributed by atoms with E-state index in [2.05, 4.69) is 0 Å². The van der Waals surface area contributed by atoms with Gasteiger partial charge in [0.15, 0.2) is 11.6 Å². The van der Waals surface area contributed by atoms with E-state index in [1.807, 2.05) is 30.3 Å². The molecule has 4 heteroatoms. The van der Waals surface area contributed by atoms with Crippen LogP contribution in [0.4, 0.5) is 0 Å². The highest BCUT2D eigenvalue weighted by Gasteiger charge is 2.34. The molecule has 3 aromatic rings. The van der Waals surface area contributed by atoms with Crippen molar-refractivity contribution < 1.29 is 19.1 Å². The summed E-state index contributed by atoms with van der Waals surface area (Å²) >= 11 is 0. The Kier molecular flexibility index (Phi) is 4.01. The van der Waals surface area contributed by atoms with E-state index in [0.717, 1.165) is 5.56 Å². The molecule has 0 aliphatic heterocycles. The number of carbonyl (C=O) groups excluding carboxylic acids is 2. The summed E-state index contributed by atoms with van der Waals surface area (Å²) in [4.78, 5) is 26.0. The van der Waals surface area contributed by atoms with Gasteiger partial charge >= 0.3 is 0 Å². The average molecular weight is 344 g/mol. The number of hydrogen-bond acceptors (Lipinski definition) is 4. The molecule has 26 heavy (non-hydrogen) atoms.